The number of piperazine rings is 3. The van der Waals surface area contributed by atoms with Crippen LogP contribution in [-0.4, -0.2) is 250 Å². The van der Waals surface area contributed by atoms with Crippen molar-refractivity contribution in [3.63, 3.8) is 0 Å². The van der Waals surface area contributed by atoms with Gasteiger partial charge in [-0.25, -0.2) is 13.2 Å². The van der Waals surface area contributed by atoms with Crippen molar-refractivity contribution in [2.24, 2.45) is 0 Å². The van der Waals surface area contributed by atoms with Crippen LogP contribution < -0.4 is 43.6 Å². The average molecular weight is 1800 g/mol. The molecule has 3 aromatic heterocycles. The van der Waals surface area contributed by atoms with Gasteiger partial charge in [-0.15, -0.1) is 0 Å². The number of morpholine rings is 1. The number of fused-ring (bicyclic) bond motifs is 7. The third-order valence-corrected chi connectivity index (χ3v) is 29.8. The van der Waals surface area contributed by atoms with Crippen LogP contribution in [0.2, 0.25) is 0 Å². The number of likely N-dealkylation sites (tertiary alicyclic amines) is 1. The highest BCUT2D eigenvalue weighted by molar-refractivity contribution is 6.01. The monoisotopic (exact) mass is 1800 g/mol. The molecule has 1 aliphatic carbocycles. The Bertz CT molecular complexity index is 6260. The number of anilines is 6. The summed E-state index contributed by atoms with van der Waals surface area (Å²) in [5, 5.41) is 37.1. The van der Waals surface area contributed by atoms with Crippen LogP contribution in [-0.2, 0) is 64.6 Å². The molecular formula is C102H112F3N21O7. The predicted octanol–water partition coefficient (Wildman–Crippen LogP) is 13.0. The van der Waals surface area contributed by atoms with Gasteiger partial charge in [-0.2, -0.15) is 45.7 Å². The minimum absolute atomic E-state index is 0.0145. The van der Waals surface area contributed by atoms with Gasteiger partial charge in [0.25, 0.3) is 17.7 Å². The number of carbonyl (C=O) groups excluding carboxylic acids is 3. The molecule has 9 aromatic rings. The number of aryl methyl sites for hydroxylation is 3. The van der Waals surface area contributed by atoms with Gasteiger partial charge in [-0.3, -0.25) is 29.1 Å². The lowest BCUT2D eigenvalue weighted by atomic mass is 9.83. The van der Waals surface area contributed by atoms with E-state index in [4.69, 9.17) is 48.9 Å². The third kappa shape index (κ3) is 17.3. The van der Waals surface area contributed by atoms with Gasteiger partial charge in [0, 0.05) is 166 Å². The molecule has 10 aliphatic heterocycles. The van der Waals surface area contributed by atoms with E-state index in [0.29, 0.717) is 141 Å². The lowest BCUT2D eigenvalue weighted by Gasteiger charge is -2.49. The molecule has 3 amide bonds. The first kappa shape index (κ1) is 88.2. The number of nitriles is 3. The highest BCUT2D eigenvalue weighted by Crippen LogP contribution is 2.51. The number of benzene rings is 6. The molecule has 11 aliphatic rings. The molecule has 688 valence electrons. The summed E-state index contributed by atoms with van der Waals surface area (Å²) in [7, 11) is 0. The summed E-state index contributed by atoms with van der Waals surface area (Å²) in [6.07, 6.45) is 8.79. The van der Waals surface area contributed by atoms with Crippen LogP contribution in [0.1, 0.15) is 132 Å². The SMILES string of the molecule is C=C(F)C(=O)N1CCN(c2nc(OCC3CC(c4ccc(N5CCc6c(nc(OCC7CN(Cc8cc(N9CCc%10c(nc(OCC%11%12CCCN%11CCC%12)nc%10N%10CCN(C(=O)C(=C)F)[C@@H](CC#N)C%10)C9)c9c(C)cccc9c8)CCO7)nc6N6CCN(C(=O)C(=C)F)[C@@H](CC#N)C6)C5)c5c(C)cccc45)N3C3CC3)nc3c2CCN(c2cccc4cccc(C)c24)C3)C[C@@H]1CC#N. The zero-order chi connectivity index (χ0) is 91.6. The second-order valence-electron chi connectivity index (χ2n) is 37.9. The molecule has 28 nitrogen and oxygen atoms in total. The van der Waals surface area contributed by atoms with Crippen molar-refractivity contribution in [2.45, 2.75) is 178 Å². The molecule has 20 rings (SSSR count). The van der Waals surface area contributed by atoms with Crippen LogP contribution in [0.3, 0.4) is 0 Å². The van der Waals surface area contributed by atoms with Gasteiger partial charge in [-0.1, -0.05) is 92.5 Å². The Balaban J connectivity index is 0.550. The Hall–Kier alpha value is -12.7. The number of amides is 3. The molecule has 8 fully saturated rings. The third-order valence-electron chi connectivity index (χ3n) is 29.8. The molecule has 3 unspecified atom stereocenters. The molecule has 6 aromatic carbocycles. The van der Waals surface area contributed by atoms with Crippen molar-refractivity contribution < 1.29 is 46.5 Å². The van der Waals surface area contributed by atoms with Gasteiger partial charge >= 0.3 is 18.0 Å². The van der Waals surface area contributed by atoms with E-state index in [-0.39, 0.29) is 101 Å². The molecule has 7 saturated heterocycles. The van der Waals surface area contributed by atoms with Crippen LogP contribution in [0.5, 0.6) is 18.0 Å². The number of hydrogen-bond donors (Lipinski definition) is 0. The first-order valence-electron chi connectivity index (χ1n) is 47.2. The Morgan fingerprint density at radius 3 is 1.47 bits per heavy atom. The van der Waals surface area contributed by atoms with Gasteiger partial charge in [0.05, 0.1) is 104 Å². The Kier molecular flexibility index (Phi) is 24.6. The maximum atomic E-state index is 14.7. The van der Waals surface area contributed by atoms with Gasteiger partial charge < -0.3 is 63.0 Å². The molecule has 1 saturated carbocycles. The van der Waals surface area contributed by atoms with E-state index in [2.05, 4.69) is 200 Å². The highest BCUT2D eigenvalue weighted by Gasteiger charge is 2.50. The van der Waals surface area contributed by atoms with Gasteiger partial charge in [0.2, 0.25) is 0 Å². The first-order valence-corrected chi connectivity index (χ1v) is 47.2. The normalized spacial score (nSPS) is 22.1. The smallest absolute Gasteiger partial charge is 0.318 e. The number of hydrogen-bond acceptors (Lipinski definition) is 25. The summed E-state index contributed by atoms with van der Waals surface area (Å²) in [6.45, 7) is 27.6. The van der Waals surface area contributed by atoms with Gasteiger partial charge in [0.1, 0.15) is 43.4 Å². The number of carbonyl (C=O) groups is 3. The summed E-state index contributed by atoms with van der Waals surface area (Å²) in [5.41, 5.74) is 14.5. The zero-order valence-corrected chi connectivity index (χ0v) is 75.9. The van der Waals surface area contributed by atoms with Crippen LogP contribution in [0.4, 0.5) is 47.7 Å². The minimum atomic E-state index is -1.08. The summed E-state index contributed by atoms with van der Waals surface area (Å²) in [6, 6.07) is 41.2. The Morgan fingerprint density at radius 2 is 0.955 bits per heavy atom. The van der Waals surface area contributed by atoms with Crippen LogP contribution in [0, 0.1) is 54.8 Å². The second kappa shape index (κ2) is 37.0. The van der Waals surface area contributed by atoms with E-state index in [1.54, 1.807) is 0 Å². The topological polar surface area (TPSA) is 276 Å². The van der Waals surface area contributed by atoms with E-state index in [9.17, 15) is 43.3 Å². The van der Waals surface area contributed by atoms with Gasteiger partial charge in [0.15, 0.2) is 17.5 Å². The van der Waals surface area contributed by atoms with Crippen LogP contribution in [0.15, 0.2) is 134 Å². The minimum Gasteiger partial charge on any atom is -0.462 e. The number of aromatic nitrogens is 6. The standard InChI is InChI=1S/C102H112F3N21O7/c1-63-13-7-16-70-17-10-20-86(90(63)70)116-38-28-80-83(57-116)109-99(112-93(80)119-41-44-123(96(127)66(4)103)73(53-119)25-33-106)131-60-76-51-88(126(76)72-21-22-72)78-23-24-87(92-65(3)15-9-19-79(78)92)117-39-29-81-84(58-117)110-100(113-94(81)120-42-45-124(97(128)67(5)104)74(54-120)26-34-107)132-61-77-56-115(47-48-130-77)52-69-49-71-18-8-14-64(2)91(71)89(50-69)118-40-30-82-85(59-118)111-101(133-62-102-31-11-36-122(102)37-12-32-102)114-95(82)121-43-46-125(98(129)68(6)105)75(55-121)27-35-108/h7-10,13-20,23-24,49-50,72-77,88H,4-6,11-12,21-22,25-32,36-48,51-62H2,1-3H3/t73-,74-,75-,76?,77?,88?/m0/s1. The summed E-state index contributed by atoms with van der Waals surface area (Å²) in [5.74, 6) is -3.52. The van der Waals surface area contributed by atoms with Crippen molar-refractivity contribution in [3.8, 4) is 36.2 Å². The molecule has 6 atom stereocenters. The molecule has 13 heterocycles. The van der Waals surface area contributed by atoms with E-state index < -0.39 is 53.3 Å². The summed E-state index contributed by atoms with van der Waals surface area (Å²) in [4.78, 5) is 96.5. The van der Waals surface area contributed by atoms with Gasteiger partial charge in [-0.05, 0) is 166 Å². The fraction of sp³-hybridized carbons (Fsp3) is 0.471. The van der Waals surface area contributed by atoms with Crippen molar-refractivity contribution in [1.82, 2.24) is 59.3 Å². The van der Waals surface area contributed by atoms with Crippen molar-refractivity contribution in [1.29, 1.82) is 15.8 Å². The van der Waals surface area contributed by atoms with E-state index in [0.717, 1.165) is 153 Å². The number of halogens is 3. The average Bonchev–Trinajstić information content (AvgIpc) is 1.70. The maximum absolute atomic E-state index is 14.7. The van der Waals surface area contributed by atoms with E-state index in [1.165, 1.54) is 36.6 Å². The van der Waals surface area contributed by atoms with Crippen molar-refractivity contribution in [2.75, 3.05) is 161 Å². The quantitative estimate of drug-likeness (QED) is 0.0481. The number of rotatable bonds is 25. The van der Waals surface area contributed by atoms with E-state index in [1.807, 2.05) is 0 Å². The van der Waals surface area contributed by atoms with Crippen molar-refractivity contribution >= 4 is 84.6 Å². The fourth-order valence-electron chi connectivity index (χ4n) is 23.2. The summed E-state index contributed by atoms with van der Waals surface area (Å²) < 4.78 is 70.7. The first-order chi connectivity index (χ1) is 64.6. The van der Waals surface area contributed by atoms with Crippen molar-refractivity contribution in [3.05, 3.63) is 196 Å². The second-order valence-corrected chi connectivity index (χ2v) is 37.9. The number of nitrogens with zero attached hydrogens (tertiary/aromatic N) is 21. The predicted molar refractivity (Wildman–Crippen MR) is 501 cm³/mol. The highest BCUT2D eigenvalue weighted by atomic mass is 19.1. The molecule has 31 heteroatoms. The molecular weight excluding hydrogens is 1690 g/mol. The lowest BCUT2D eigenvalue weighted by Crippen LogP contribution is -2.56. The van der Waals surface area contributed by atoms with Crippen LogP contribution in [0.25, 0.3) is 32.3 Å². The molecule has 0 radical (unpaired) electrons. The molecule has 0 spiro atoms. The molecule has 133 heavy (non-hydrogen) atoms. The fourth-order valence-corrected chi connectivity index (χ4v) is 23.2. The number of ether oxygens (including phenoxy) is 4. The zero-order valence-electron chi connectivity index (χ0n) is 75.9. The largest absolute Gasteiger partial charge is 0.462 e. The van der Waals surface area contributed by atoms with Crippen LogP contribution >= 0.6 is 0 Å². The lowest BCUT2D eigenvalue weighted by molar-refractivity contribution is -0.132. The Morgan fingerprint density at radius 1 is 0.489 bits per heavy atom. The maximum Gasteiger partial charge on any atom is 0.318 e. The summed E-state index contributed by atoms with van der Waals surface area (Å²) >= 11 is 0. The molecule has 0 bridgehead atoms. The Labute approximate surface area is 773 Å². The molecule has 0 N–H and O–H groups in total. The van der Waals surface area contributed by atoms with E-state index >= 15 is 0 Å².